The molecule has 3 rings (SSSR count). The van der Waals surface area contributed by atoms with Gasteiger partial charge < -0.3 is 14.5 Å². The Bertz CT molecular complexity index is 664. The van der Waals surface area contributed by atoms with Gasteiger partial charge >= 0.3 is 5.97 Å². The van der Waals surface area contributed by atoms with Gasteiger partial charge in [0.05, 0.1) is 25.0 Å². The van der Waals surface area contributed by atoms with E-state index in [4.69, 9.17) is 9.73 Å². The van der Waals surface area contributed by atoms with Crippen molar-refractivity contribution in [3.8, 4) is 0 Å². The molecule has 3 aliphatic rings. The molecule has 4 atom stereocenters. The van der Waals surface area contributed by atoms with E-state index in [2.05, 4.69) is 4.90 Å². The maximum Gasteiger partial charge on any atom is 0.332 e. The van der Waals surface area contributed by atoms with Crippen molar-refractivity contribution in [3.63, 3.8) is 0 Å². The lowest BCUT2D eigenvalue weighted by atomic mass is 9.78. The SMILES string of the molecule is CCCN=C1N(CC)C[C@@H]2[C@@H]3C(=O)N(C)C(=O)[C@@H]3[C@](CC)(C(=O)OC)N12. The summed E-state index contributed by atoms with van der Waals surface area (Å²) in [7, 11) is 2.84. The van der Waals surface area contributed by atoms with Crippen LogP contribution in [0.25, 0.3) is 0 Å². The Balaban J connectivity index is 2.20. The highest BCUT2D eigenvalue weighted by molar-refractivity contribution is 6.11. The van der Waals surface area contributed by atoms with E-state index in [1.54, 1.807) is 0 Å². The molecule has 0 aromatic rings. The molecule has 3 fully saturated rings. The third-order valence-corrected chi connectivity index (χ3v) is 6.10. The van der Waals surface area contributed by atoms with Gasteiger partial charge in [-0.1, -0.05) is 13.8 Å². The molecule has 0 aromatic carbocycles. The number of carbonyl (C=O) groups excluding carboxylic acids is 3. The number of imide groups is 1. The molecule has 3 saturated heterocycles. The Morgan fingerprint density at radius 2 is 1.96 bits per heavy atom. The Hall–Kier alpha value is -2.12. The first kappa shape index (κ1) is 18.7. The van der Waals surface area contributed by atoms with Crippen LogP contribution >= 0.6 is 0 Å². The van der Waals surface area contributed by atoms with Gasteiger partial charge in [0.15, 0.2) is 11.5 Å². The van der Waals surface area contributed by atoms with Crippen LogP contribution in [0.2, 0.25) is 0 Å². The number of ether oxygens (including phenoxy) is 1. The molecule has 26 heavy (non-hydrogen) atoms. The molecule has 0 spiro atoms. The molecule has 0 radical (unpaired) electrons. The first-order chi connectivity index (χ1) is 12.4. The fourth-order valence-corrected chi connectivity index (χ4v) is 4.91. The van der Waals surface area contributed by atoms with Crippen molar-refractivity contribution in [1.29, 1.82) is 0 Å². The second-order valence-electron chi connectivity index (χ2n) is 7.17. The first-order valence-electron chi connectivity index (χ1n) is 9.39. The number of amides is 2. The van der Waals surface area contributed by atoms with E-state index in [0.717, 1.165) is 13.0 Å². The summed E-state index contributed by atoms with van der Waals surface area (Å²) in [6, 6.07) is -0.240. The molecular formula is C18H28N4O4. The van der Waals surface area contributed by atoms with Crippen LogP contribution in [0.1, 0.15) is 33.6 Å². The molecule has 3 heterocycles. The maximum absolute atomic E-state index is 13.0. The standard InChI is InChI=1S/C18H28N4O4/c1-6-9-19-17-21(8-3)10-11-12-13(15(24)20(4)14(12)23)18(7-2,22(11)17)16(25)26-5/h11-13H,6-10H2,1-5H3/t11-,12+,13-,18-/m1/s1. The average molecular weight is 364 g/mol. The Labute approximate surface area is 154 Å². The largest absolute Gasteiger partial charge is 0.467 e. The van der Waals surface area contributed by atoms with Gasteiger partial charge in [0.25, 0.3) is 0 Å². The zero-order valence-electron chi connectivity index (χ0n) is 16.2. The molecule has 8 heteroatoms. The maximum atomic E-state index is 13.0. The number of hydrogen-bond donors (Lipinski definition) is 0. The van der Waals surface area contributed by atoms with Crippen LogP contribution in [0.5, 0.6) is 0 Å². The molecule has 0 aliphatic carbocycles. The summed E-state index contributed by atoms with van der Waals surface area (Å²) in [4.78, 5) is 48.7. The molecule has 8 nitrogen and oxygen atoms in total. The van der Waals surface area contributed by atoms with E-state index >= 15 is 0 Å². The van der Waals surface area contributed by atoms with Crippen molar-refractivity contribution in [2.75, 3.05) is 33.8 Å². The van der Waals surface area contributed by atoms with Crippen LogP contribution in [-0.4, -0.2) is 83.8 Å². The van der Waals surface area contributed by atoms with E-state index in [0.29, 0.717) is 25.5 Å². The van der Waals surface area contributed by atoms with Crippen LogP contribution in [0.15, 0.2) is 4.99 Å². The topological polar surface area (TPSA) is 82.5 Å². The lowest BCUT2D eigenvalue weighted by Crippen LogP contribution is -2.60. The van der Waals surface area contributed by atoms with E-state index < -0.39 is 23.3 Å². The number of fused-ring (bicyclic) bond motifs is 3. The van der Waals surface area contributed by atoms with E-state index in [9.17, 15) is 14.4 Å². The predicted molar refractivity (Wildman–Crippen MR) is 95.3 cm³/mol. The van der Waals surface area contributed by atoms with E-state index in [1.165, 1.54) is 19.1 Å². The highest BCUT2D eigenvalue weighted by Crippen LogP contribution is 2.53. The van der Waals surface area contributed by atoms with E-state index in [-0.39, 0.29) is 17.9 Å². The number of carbonyl (C=O) groups is 3. The quantitative estimate of drug-likeness (QED) is 0.516. The molecule has 2 amide bonds. The number of likely N-dealkylation sites (tertiary alicyclic amines) is 1. The van der Waals surface area contributed by atoms with Crippen molar-refractivity contribution in [2.24, 2.45) is 16.8 Å². The summed E-state index contributed by atoms with van der Waals surface area (Å²) >= 11 is 0. The van der Waals surface area contributed by atoms with Crippen molar-refractivity contribution < 1.29 is 19.1 Å². The van der Waals surface area contributed by atoms with Gasteiger partial charge in [0, 0.05) is 26.7 Å². The monoisotopic (exact) mass is 364 g/mol. The third kappa shape index (κ3) is 2.13. The van der Waals surface area contributed by atoms with Gasteiger partial charge in [-0.15, -0.1) is 0 Å². The van der Waals surface area contributed by atoms with E-state index in [1.807, 2.05) is 25.7 Å². The smallest absolute Gasteiger partial charge is 0.332 e. The fraction of sp³-hybridized carbons (Fsp3) is 0.778. The summed E-state index contributed by atoms with van der Waals surface area (Å²) in [6.45, 7) is 7.89. The molecule has 0 unspecified atom stereocenters. The summed E-state index contributed by atoms with van der Waals surface area (Å²) in [6.07, 6.45) is 1.26. The lowest BCUT2D eigenvalue weighted by Gasteiger charge is -2.39. The summed E-state index contributed by atoms with van der Waals surface area (Å²) in [5.41, 5.74) is -1.18. The third-order valence-electron chi connectivity index (χ3n) is 6.10. The number of likely N-dealkylation sites (N-methyl/N-ethyl adjacent to an activating group) is 1. The van der Waals surface area contributed by atoms with Gasteiger partial charge in [0.1, 0.15) is 0 Å². The molecule has 0 aromatic heterocycles. The van der Waals surface area contributed by atoms with Gasteiger partial charge in [-0.05, 0) is 19.8 Å². The molecular weight excluding hydrogens is 336 g/mol. The molecule has 0 saturated carbocycles. The van der Waals surface area contributed by atoms with Crippen molar-refractivity contribution in [3.05, 3.63) is 0 Å². The lowest BCUT2D eigenvalue weighted by molar-refractivity contribution is -0.158. The average Bonchev–Trinajstić information content (AvgIpc) is 3.22. The highest BCUT2D eigenvalue weighted by atomic mass is 16.5. The van der Waals surface area contributed by atoms with Gasteiger partial charge in [-0.25, -0.2) is 4.79 Å². The number of nitrogens with zero attached hydrogens (tertiary/aromatic N) is 4. The summed E-state index contributed by atoms with van der Waals surface area (Å²) in [5.74, 6) is -1.50. The van der Waals surface area contributed by atoms with Gasteiger partial charge in [0.2, 0.25) is 11.8 Å². The van der Waals surface area contributed by atoms with Crippen LogP contribution < -0.4 is 0 Å². The number of methoxy groups -OCH3 is 1. The Morgan fingerprint density at radius 3 is 2.50 bits per heavy atom. The van der Waals surface area contributed by atoms with Gasteiger partial charge in [-0.3, -0.25) is 19.5 Å². The van der Waals surface area contributed by atoms with Gasteiger partial charge in [-0.2, -0.15) is 0 Å². The number of rotatable bonds is 5. The molecule has 144 valence electrons. The van der Waals surface area contributed by atoms with Crippen molar-refractivity contribution in [2.45, 2.75) is 45.2 Å². The van der Waals surface area contributed by atoms with Crippen LogP contribution in [0, 0.1) is 11.8 Å². The van der Waals surface area contributed by atoms with Crippen LogP contribution in [-0.2, 0) is 19.1 Å². The van der Waals surface area contributed by atoms with Crippen molar-refractivity contribution in [1.82, 2.24) is 14.7 Å². The summed E-state index contributed by atoms with van der Waals surface area (Å²) in [5, 5.41) is 0. The highest BCUT2D eigenvalue weighted by Gasteiger charge is 2.73. The number of aliphatic imine (C=N–C) groups is 1. The van der Waals surface area contributed by atoms with Crippen LogP contribution in [0.3, 0.4) is 0 Å². The second kappa shape index (κ2) is 6.55. The minimum atomic E-state index is -1.18. The Morgan fingerprint density at radius 1 is 1.27 bits per heavy atom. The van der Waals surface area contributed by atoms with Crippen LogP contribution in [0.4, 0.5) is 0 Å². The van der Waals surface area contributed by atoms with Crippen molar-refractivity contribution >= 4 is 23.7 Å². The number of esters is 1. The zero-order valence-corrected chi connectivity index (χ0v) is 16.2. The number of guanidine groups is 1. The first-order valence-corrected chi connectivity index (χ1v) is 9.39. The second-order valence-corrected chi connectivity index (χ2v) is 7.17. The zero-order chi connectivity index (χ0) is 19.2. The molecule has 0 bridgehead atoms. The minimum Gasteiger partial charge on any atom is -0.467 e. The normalized spacial score (nSPS) is 34.7. The molecule has 0 N–H and O–H groups in total. The minimum absolute atomic E-state index is 0.206. The fourth-order valence-electron chi connectivity index (χ4n) is 4.91. The summed E-state index contributed by atoms with van der Waals surface area (Å²) < 4.78 is 5.15. The Kier molecular flexibility index (Phi) is 4.71. The molecule has 3 aliphatic heterocycles. The predicted octanol–water partition coefficient (Wildman–Crippen LogP) is 0.325. The number of hydrogen-bond acceptors (Lipinski definition) is 5.